The molecule has 2 unspecified atom stereocenters. The molecule has 1 saturated carbocycles. The molecular formula is C13H11Cl2N3. The summed E-state index contributed by atoms with van der Waals surface area (Å²) in [7, 11) is 0. The van der Waals surface area contributed by atoms with E-state index in [4.69, 9.17) is 23.2 Å². The van der Waals surface area contributed by atoms with Crippen LogP contribution in [0.1, 0.15) is 17.9 Å². The van der Waals surface area contributed by atoms with Crippen LogP contribution in [-0.2, 0) is 0 Å². The van der Waals surface area contributed by atoms with Crippen molar-refractivity contribution >= 4 is 29.0 Å². The number of hydrogen-bond acceptors (Lipinski definition) is 3. The molecule has 92 valence electrons. The summed E-state index contributed by atoms with van der Waals surface area (Å²) in [4.78, 5) is 8.16. The molecule has 0 saturated heterocycles. The fourth-order valence-corrected chi connectivity index (χ4v) is 2.41. The third-order valence-corrected chi connectivity index (χ3v) is 3.42. The minimum atomic E-state index is 0.385. The molecule has 1 fully saturated rings. The van der Waals surface area contributed by atoms with Gasteiger partial charge in [-0.05, 0) is 24.1 Å². The van der Waals surface area contributed by atoms with Gasteiger partial charge in [-0.15, -0.1) is 0 Å². The molecule has 3 rings (SSSR count). The van der Waals surface area contributed by atoms with E-state index in [2.05, 4.69) is 21.4 Å². The van der Waals surface area contributed by atoms with Gasteiger partial charge in [-0.2, -0.15) is 0 Å². The molecule has 1 aromatic carbocycles. The van der Waals surface area contributed by atoms with Gasteiger partial charge in [0.05, 0.1) is 12.4 Å². The van der Waals surface area contributed by atoms with Crippen molar-refractivity contribution < 1.29 is 0 Å². The zero-order valence-corrected chi connectivity index (χ0v) is 11.0. The van der Waals surface area contributed by atoms with Gasteiger partial charge in [0.25, 0.3) is 0 Å². The van der Waals surface area contributed by atoms with Crippen molar-refractivity contribution in [3.05, 3.63) is 52.4 Å². The number of halogens is 2. The summed E-state index contributed by atoms with van der Waals surface area (Å²) < 4.78 is 0. The number of nitrogens with zero attached hydrogens (tertiary/aromatic N) is 2. The van der Waals surface area contributed by atoms with Crippen LogP contribution in [0.5, 0.6) is 0 Å². The van der Waals surface area contributed by atoms with E-state index in [1.807, 2.05) is 18.2 Å². The predicted molar refractivity (Wildman–Crippen MR) is 73.3 cm³/mol. The third-order valence-electron chi connectivity index (χ3n) is 3.01. The average Bonchev–Trinajstić information content (AvgIpc) is 3.08. The summed E-state index contributed by atoms with van der Waals surface area (Å²) in [5, 5.41) is 4.50. The van der Waals surface area contributed by atoms with Crippen molar-refractivity contribution in [2.75, 3.05) is 5.32 Å². The Hall–Kier alpha value is -1.32. The zero-order chi connectivity index (χ0) is 12.5. The van der Waals surface area contributed by atoms with E-state index in [1.165, 1.54) is 11.8 Å². The van der Waals surface area contributed by atoms with Crippen LogP contribution in [0.25, 0.3) is 0 Å². The van der Waals surface area contributed by atoms with Crippen LogP contribution in [-0.4, -0.2) is 16.0 Å². The van der Waals surface area contributed by atoms with Crippen LogP contribution >= 0.6 is 23.2 Å². The number of aromatic nitrogens is 2. The quantitative estimate of drug-likeness (QED) is 0.930. The minimum absolute atomic E-state index is 0.385. The average molecular weight is 280 g/mol. The molecule has 5 heteroatoms. The van der Waals surface area contributed by atoms with E-state index in [-0.39, 0.29) is 0 Å². The highest BCUT2D eigenvalue weighted by atomic mass is 35.5. The van der Waals surface area contributed by atoms with Gasteiger partial charge in [0, 0.05) is 17.0 Å². The Labute approximate surface area is 115 Å². The Morgan fingerprint density at radius 2 is 2.11 bits per heavy atom. The number of anilines is 1. The summed E-state index contributed by atoms with van der Waals surface area (Å²) in [6, 6.07) is 8.36. The van der Waals surface area contributed by atoms with Crippen LogP contribution in [0.15, 0.2) is 36.7 Å². The zero-order valence-electron chi connectivity index (χ0n) is 9.48. The molecule has 1 N–H and O–H groups in total. The number of hydrogen-bond donors (Lipinski definition) is 1. The lowest BCUT2D eigenvalue weighted by Gasteiger charge is -2.05. The minimum Gasteiger partial charge on any atom is -0.365 e. The van der Waals surface area contributed by atoms with Crippen LogP contribution in [0.4, 0.5) is 5.82 Å². The van der Waals surface area contributed by atoms with Gasteiger partial charge in [0.1, 0.15) is 11.0 Å². The van der Waals surface area contributed by atoms with E-state index in [1.54, 1.807) is 6.20 Å². The van der Waals surface area contributed by atoms with Crippen molar-refractivity contribution in [1.82, 2.24) is 9.97 Å². The fraction of sp³-hybridized carbons (Fsp3) is 0.231. The standard InChI is InChI=1S/C13H11Cl2N3/c14-9-3-1-2-8(4-9)10-5-11(10)17-13-7-16-6-12(15)18-13/h1-4,6-7,10-11H,5H2,(H,17,18). The molecule has 0 radical (unpaired) electrons. The van der Waals surface area contributed by atoms with E-state index < -0.39 is 0 Å². The Balaban J connectivity index is 1.68. The monoisotopic (exact) mass is 279 g/mol. The lowest BCUT2D eigenvalue weighted by Crippen LogP contribution is -2.06. The van der Waals surface area contributed by atoms with Gasteiger partial charge < -0.3 is 5.32 Å². The largest absolute Gasteiger partial charge is 0.365 e. The lowest BCUT2D eigenvalue weighted by atomic mass is 10.1. The van der Waals surface area contributed by atoms with Crippen LogP contribution < -0.4 is 5.32 Å². The third kappa shape index (κ3) is 2.57. The normalized spacial score (nSPS) is 21.7. The van der Waals surface area contributed by atoms with Gasteiger partial charge in [0.2, 0.25) is 0 Å². The second kappa shape index (κ2) is 4.75. The summed E-state index contributed by atoms with van der Waals surface area (Å²) in [5.74, 6) is 1.21. The van der Waals surface area contributed by atoms with Crippen molar-refractivity contribution in [1.29, 1.82) is 0 Å². The first-order valence-electron chi connectivity index (χ1n) is 5.72. The van der Waals surface area contributed by atoms with Gasteiger partial charge in [0.15, 0.2) is 0 Å². The molecule has 2 aromatic rings. The maximum Gasteiger partial charge on any atom is 0.149 e. The van der Waals surface area contributed by atoms with E-state index in [0.717, 1.165) is 17.3 Å². The Morgan fingerprint density at radius 1 is 1.22 bits per heavy atom. The molecular weight excluding hydrogens is 269 g/mol. The summed E-state index contributed by atoms with van der Waals surface area (Å²) in [6.07, 6.45) is 4.28. The van der Waals surface area contributed by atoms with Crippen molar-refractivity contribution in [2.45, 2.75) is 18.4 Å². The van der Waals surface area contributed by atoms with E-state index in [0.29, 0.717) is 17.1 Å². The Bertz CT molecular complexity index is 574. The highest BCUT2D eigenvalue weighted by Gasteiger charge is 2.38. The summed E-state index contributed by atoms with van der Waals surface area (Å²) in [6.45, 7) is 0. The second-order valence-electron chi connectivity index (χ2n) is 4.38. The number of nitrogens with one attached hydrogen (secondary N) is 1. The first-order chi connectivity index (χ1) is 8.72. The van der Waals surface area contributed by atoms with Gasteiger partial charge >= 0.3 is 0 Å². The van der Waals surface area contributed by atoms with Gasteiger partial charge in [-0.1, -0.05) is 35.3 Å². The molecule has 0 amide bonds. The highest BCUT2D eigenvalue weighted by molar-refractivity contribution is 6.30. The van der Waals surface area contributed by atoms with E-state index in [9.17, 15) is 0 Å². The molecule has 1 aliphatic carbocycles. The van der Waals surface area contributed by atoms with Crippen molar-refractivity contribution in [2.24, 2.45) is 0 Å². The summed E-state index contributed by atoms with van der Waals surface area (Å²) in [5.41, 5.74) is 1.26. The molecule has 3 nitrogen and oxygen atoms in total. The summed E-state index contributed by atoms with van der Waals surface area (Å²) >= 11 is 11.8. The molecule has 2 atom stereocenters. The molecule has 0 bridgehead atoms. The molecule has 0 aliphatic heterocycles. The highest BCUT2D eigenvalue weighted by Crippen LogP contribution is 2.43. The number of rotatable bonds is 3. The number of benzene rings is 1. The van der Waals surface area contributed by atoms with Crippen LogP contribution in [0, 0.1) is 0 Å². The molecule has 18 heavy (non-hydrogen) atoms. The topological polar surface area (TPSA) is 37.8 Å². The Morgan fingerprint density at radius 3 is 2.89 bits per heavy atom. The van der Waals surface area contributed by atoms with Gasteiger partial charge in [-0.3, -0.25) is 4.98 Å². The molecule has 0 spiro atoms. The lowest BCUT2D eigenvalue weighted by molar-refractivity contribution is 1.02. The molecule has 1 heterocycles. The Kier molecular flexibility index (Phi) is 3.10. The molecule has 1 aromatic heterocycles. The maximum atomic E-state index is 5.99. The maximum absolute atomic E-state index is 5.99. The predicted octanol–water partition coefficient (Wildman–Crippen LogP) is 3.75. The SMILES string of the molecule is Clc1cccc(C2CC2Nc2cncc(Cl)n2)c1. The first kappa shape index (κ1) is 11.8. The first-order valence-corrected chi connectivity index (χ1v) is 6.47. The van der Waals surface area contributed by atoms with Crippen LogP contribution in [0.3, 0.4) is 0 Å². The molecule has 1 aliphatic rings. The fourth-order valence-electron chi connectivity index (χ4n) is 2.06. The smallest absolute Gasteiger partial charge is 0.149 e. The van der Waals surface area contributed by atoms with Crippen molar-refractivity contribution in [3.8, 4) is 0 Å². The van der Waals surface area contributed by atoms with Crippen molar-refractivity contribution in [3.63, 3.8) is 0 Å². The second-order valence-corrected chi connectivity index (χ2v) is 5.20. The van der Waals surface area contributed by atoms with Gasteiger partial charge in [-0.25, -0.2) is 4.98 Å². The van der Waals surface area contributed by atoms with Crippen LogP contribution in [0.2, 0.25) is 10.2 Å². The van der Waals surface area contributed by atoms with E-state index >= 15 is 0 Å².